The Morgan fingerprint density at radius 1 is 1.33 bits per heavy atom. The highest BCUT2D eigenvalue weighted by Crippen LogP contribution is 2.41. The highest BCUT2D eigenvalue weighted by Gasteiger charge is 2.21. The van der Waals surface area contributed by atoms with Crippen molar-refractivity contribution in [2.24, 2.45) is 5.73 Å². The van der Waals surface area contributed by atoms with E-state index < -0.39 is 6.23 Å². The van der Waals surface area contributed by atoms with E-state index in [0.717, 1.165) is 0 Å². The fraction of sp³-hybridized carbons (Fsp3) is 0.353. The summed E-state index contributed by atoms with van der Waals surface area (Å²) in [7, 11) is 1.55. The smallest absolute Gasteiger partial charge is 0.224 e. The normalized spacial score (nSPS) is 13.5. The maximum absolute atomic E-state index is 9.82. The number of nitrogen functional groups attached to an aromatic ring is 1. The fourth-order valence-electron chi connectivity index (χ4n) is 2.65. The molecule has 0 spiro atoms. The van der Waals surface area contributed by atoms with Gasteiger partial charge in [0.1, 0.15) is 16.8 Å². The van der Waals surface area contributed by atoms with Gasteiger partial charge in [0, 0.05) is 11.8 Å². The van der Waals surface area contributed by atoms with Crippen LogP contribution in [0.4, 0.5) is 11.6 Å². The number of hydrogen-bond acceptors (Lipinski definition) is 10. The number of thiophene rings is 1. The van der Waals surface area contributed by atoms with E-state index >= 15 is 0 Å². The number of aromatic nitrogens is 3. The molecule has 9 nitrogen and oxygen atoms in total. The molecule has 0 aliphatic heterocycles. The van der Waals surface area contributed by atoms with Crippen LogP contribution in [0.1, 0.15) is 24.4 Å². The Balaban J connectivity index is 2.23. The van der Waals surface area contributed by atoms with Crippen molar-refractivity contribution in [1.82, 2.24) is 15.0 Å². The summed E-state index contributed by atoms with van der Waals surface area (Å²) in [5, 5.41) is 23.0. The Hall–Kier alpha value is -2.53. The van der Waals surface area contributed by atoms with Gasteiger partial charge in [-0.25, -0.2) is 9.97 Å². The summed E-state index contributed by atoms with van der Waals surface area (Å²) in [6.07, 6.45) is 2.73. The van der Waals surface area contributed by atoms with Crippen LogP contribution >= 0.6 is 11.3 Å². The molecule has 3 heterocycles. The van der Waals surface area contributed by atoms with Gasteiger partial charge in [-0.05, 0) is 12.5 Å². The third kappa shape index (κ3) is 3.78. The van der Waals surface area contributed by atoms with Gasteiger partial charge in [-0.15, -0.1) is 11.3 Å². The molecule has 0 saturated heterocycles. The van der Waals surface area contributed by atoms with Gasteiger partial charge in [0.2, 0.25) is 5.95 Å². The first-order valence-electron chi connectivity index (χ1n) is 8.38. The maximum atomic E-state index is 9.82. The van der Waals surface area contributed by atoms with Crippen LogP contribution in [-0.4, -0.2) is 44.9 Å². The second kappa shape index (κ2) is 8.01. The monoisotopic (exact) mass is 390 g/mol. The van der Waals surface area contributed by atoms with Crippen LogP contribution in [-0.2, 0) is 0 Å². The van der Waals surface area contributed by atoms with E-state index in [1.807, 2.05) is 6.92 Å². The Morgan fingerprint density at radius 2 is 2.11 bits per heavy atom. The van der Waals surface area contributed by atoms with E-state index in [1.165, 1.54) is 11.3 Å². The minimum atomic E-state index is -1.21. The van der Waals surface area contributed by atoms with Crippen molar-refractivity contribution in [3.05, 3.63) is 23.3 Å². The van der Waals surface area contributed by atoms with Crippen molar-refractivity contribution >= 4 is 33.2 Å². The second-order valence-corrected chi connectivity index (χ2v) is 6.98. The molecule has 27 heavy (non-hydrogen) atoms. The number of nitrogens with two attached hydrogens (primary N) is 2. The molecule has 0 bridgehead atoms. The number of nitrogens with zero attached hydrogens (tertiary/aromatic N) is 3. The van der Waals surface area contributed by atoms with Crippen molar-refractivity contribution in [3.8, 4) is 17.0 Å². The molecule has 0 aromatic carbocycles. The standard InChI is InChI=1S/C17H22N6O3S/c1-3-9(7-24)21-17-22-13(8-4-10(26-2)6-20-5-8)11-12(18)14(15(19)25)27-16(11)23-17/h4-6,9,15,24-25H,3,7,18-19H2,1-2H3,(H,21,22,23)/t9-,15?/m0/s1. The fourth-order valence-corrected chi connectivity index (χ4v) is 3.63. The predicted octanol–water partition coefficient (Wildman–Crippen LogP) is 1.48. The molecule has 1 unspecified atom stereocenters. The summed E-state index contributed by atoms with van der Waals surface area (Å²) in [4.78, 5) is 14.3. The number of nitrogens with one attached hydrogen (secondary N) is 1. The summed E-state index contributed by atoms with van der Waals surface area (Å²) in [6.45, 7) is 1.90. The summed E-state index contributed by atoms with van der Waals surface area (Å²) >= 11 is 1.20. The quantitative estimate of drug-likeness (QED) is 0.377. The van der Waals surface area contributed by atoms with E-state index in [1.54, 1.807) is 25.6 Å². The molecule has 0 fully saturated rings. The lowest BCUT2D eigenvalue weighted by molar-refractivity contribution is 0.191. The lowest BCUT2D eigenvalue weighted by Crippen LogP contribution is -2.24. The lowest BCUT2D eigenvalue weighted by atomic mass is 10.1. The number of hydrogen-bond donors (Lipinski definition) is 5. The minimum absolute atomic E-state index is 0.0483. The van der Waals surface area contributed by atoms with Gasteiger partial charge in [0.15, 0.2) is 0 Å². The van der Waals surface area contributed by atoms with Crippen LogP contribution in [0.15, 0.2) is 18.5 Å². The molecule has 3 rings (SSSR count). The zero-order valence-electron chi connectivity index (χ0n) is 15.0. The van der Waals surface area contributed by atoms with Crippen molar-refractivity contribution < 1.29 is 14.9 Å². The highest BCUT2D eigenvalue weighted by molar-refractivity contribution is 7.19. The number of fused-ring (bicyclic) bond motifs is 1. The Kier molecular flexibility index (Phi) is 5.71. The average molecular weight is 390 g/mol. The molecule has 3 aromatic rings. The van der Waals surface area contributed by atoms with Crippen LogP contribution in [0.25, 0.3) is 21.5 Å². The molecular formula is C17H22N6O3S. The molecule has 3 aromatic heterocycles. The summed E-state index contributed by atoms with van der Waals surface area (Å²) in [6, 6.07) is 1.60. The average Bonchev–Trinajstić information content (AvgIpc) is 3.02. The number of ether oxygens (including phenoxy) is 1. The maximum Gasteiger partial charge on any atom is 0.224 e. The van der Waals surface area contributed by atoms with Gasteiger partial charge < -0.3 is 31.7 Å². The molecule has 0 saturated carbocycles. The largest absolute Gasteiger partial charge is 0.495 e. The Bertz CT molecular complexity index is 942. The molecule has 10 heteroatoms. The number of methoxy groups -OCH3 is 1. The first-order valence-corrected chi connectivity index (χ1v) is 9.20. The number of aliphatic hydroxyl groups is 2. The van der Waals surface area contributed by atoms with Crippen molar-refractivity contribution in [1.29, 1.82) is 0 Å². The predicted molar refractivity (Wildman–Crippen MR) is 106 cm³/mol. The second-order valence-electron chi connectivity index (χ2n) is 5.95. The molecule has 0 aliphatic carbocycles. The number of aliphatic hydroxyl groups excluding tert-OH is 2. The van der Waals surface area contributed by atoms with Crippen molar-refractivity contribution in [3.63, 3.8) is 0 Å². The van der Waals surface area contributed by atoms with Gasteiger partial charge in [-0.2, -0.15) is 0 Å². The zero-order valence-corrected chi connectivity index (χ0v) is 15.8. The van der Waals surface area contributed by atoms with E-state index in [9.17, 15) is 10.2 Å². The zero-order chi connectivity index (χ0) is 19.6. The number of anilines is 2. The minimum Gasteiger partial charge on any atom is -0.495 e. The van der Waals surface area contributed by atoms with Gasteiger partial charge in [0.25, 0.3) is 0 Å². The molecule has 0 radical (unpaired) electrons. The lowest BCUT2D eigenvalue weighted by Gasteiger charge is -2.15. The first-order chi connectivity index (χ1) is 13.0. The highest BCUT2D eigenvalue weighted by atomic mass is 32.1. The van der Waals surface area contributed by atoms with Crippen LogP contribution in [0.2, 0.25) is 0 Å². The molecular weight excluding hydrogens is 368 g/mol. The van der Waals surface area contributed by atoms with E-state index in [-0.39, 0.29) is 12.6 Å². The summed E-state index contributed by atoms with van der Waals surface area (Å²) < 4.78 is 5.25. The third-order valence-electron chi connectivity index (χ3n) is 4.15. The van der Waals surface area contributed by atoms with Crippen LogP contribution in [0, 0.1) is 0 Å². The molecule has 0 amide bonds. The van der Waals surface area contributed by atoms with E-state index in [4.69, 9.17) is 16.2 Å². The van der Waals surface area contributed by atoms with Gasteiger partial charge >= 0.3 is 0 Å². The molecule has 7 N–H and O–H groups in total. The summed E-state index contributed by atoms with van der Waals surface area (Å²) in [5.41, 5.74) is 13.4. The Morgan fingerprint density at radius 3 is 2.74 bits per heavy atom. The number of rotatable bonds is 7. The molecule has 2 atom stereocenters. The van der Waals surface area contributed by atoms with Crippen molar-refractivity contribution in [2.45, 2.75) is 25.6 Å². The summed E-state index contributed by atoms with van der Waals surface area (Å²) in [5.74, 6) is 0.920. The molecule has 0 aliphatic rings. The van der Waals surface area contributed by atoms with E-state index in [2.05, 4.69) is 20.3 Å². The van der Waals surface area contributed by atoms with Crippen molar-refractivity contribution in [2.75, 3.05) is 24.8 Å². The number of pyridine rings is 1. The molecule has 144 valence electrons. The third-order valence-corrected chi connectivity index (χ3v) is 5.32. The van der Waals surface area contributed by atoms with E-state index in [0.29, 0.717) is 50.2 Å². The van der Waals surface area contributed by atoms with Crippen LogP contribution in [0.3, 0.4) is 0 Å². The van der Waals surface area contributed by atoms with Crippen LogP contribution in [0.5, 0.6) is 5.75 Å². The first kappa shape index (κ1) is 19.2. The van der Waals surface area contributed by atoms with Gasteiger partial charge in [-0.1, -0.05) is 6.92 Å². The van der Waals surface area contributed by atoms with Gasteiger partial charge in [-0.3, -0.25) is 4.98 Å². The Labute approximate surface area is 160 Å². The topological polar surface area (TPSA) is 152 Å². The SMILES string of the molecule is CC[C@@H](CO)Nc1nc(-c2cncc(OC)c2)c2c(N)c(C(N)O)sc2n1. The van der Waals surface area contributed by atoms with Gasteiger partial charge in [0.05, 0.1) is 47.6 Å². The van der Waals surface area contributed by atoms with Crippen LogP contribution < -0.4 is 21.5 Å².